The summed E-state index contributed by atoms with van der Waals surface area (Å²) in [6.45, 7) is 0. The fourth-order valence-corrected chi connectivity index (χ4v) is 106. The molecule has 0 aliphatic carbocycles. The maximum atomic E-state index is 2.70. The van der Waals surface area contributed by atoms with Gasteiger partial charge in [0.05, 0.1) is 0 Å². The van der Waals surface area contributed by atoms with Gasteiger partial charge in [-0.2, -0.15) is 0 Å². The van der Waals surface area contributed by atoms with Crippen LogP contribution in [0.25, 0.3) is 0 Å². The van der Waals surface area contributed by atoms with Crippen molar-refractivity contribution in [2.24, 2.45) is 0 Å². The van der Waals surface area contributed by atoms with E-state index in [-0.39, 0.29) is 0 Å². The molecule has 6 heteroatoms. The van der Waals surface area contributed by atoms with Crippen LogP contribution in [0.2, 0.25) is 11.3 Å². The summed E-state index contributed by atoms with van der Waals surface area (Å²) in [6.07, 6.45) is 0. The number of rotatable bonds is 0. The highest BCUT2D eigenvalue weighted by Crippen LogP contribution is 2.55. The monoisotopic (exact) mass is 592 g/mol. The average Bonchev–Trinajstić information content (AvgIpc) is 1.20. The molecular formula is C2H4I4Si2. The summed E-state index contributed by atoms with van der Waals surface area (Å²) >= 11 is 10.8. The molecule has 48 valence electrons. The number of hydrogen-bond acceptors (Lipinski definition) is 0. The van der Waals surface area contributed by atoms with Crippen molar-refractivity contribution >= 4 is 93.3 Å². The van der Waals surface area contributed by atoms with Crippen LogP contribution in [0.1, 0.15) is 0 Å². The fourth-order valence-electron chi connectivity index (χ4n) is 0.705. The average molecular weight is 592 g/mol. The molecular weight excluding hydrogens is 588 g/mol. The van der Waals surface area contributed by atoms with E-state index in [1.807, 2.05) is 0 Å². The first-order chi connectivity index (χ1) is 3.41. The molecule has 0 bridgehead atoms. The molecule has 0 saturated carbocycles. The van der Waals surface area contributed by atoms with Crippen LogP contribution in [-0.2, 0) is 0 Å². The Bertz CT molecular complexity index is 88.6. The first-order valence-electron chi connectivity index (χ1n) is 2.17. The highest BCUT2D eigenvalue weighted by atomic mass is 127. The lowest BCUT2D eigenvalue weighted by atomic mass is 11.8. The molecule has 1 fully saturated rings. The first-order valence-corrected chi connectivity index (χ1v) is 19.5. The van der Waals surface area contributed by atoms with Crippen molar-refractivity contribution in [3.63, 3.8) is 0 Å². The normalized spacial score (nSPS) is 31.5. The molecule has 0 amide bonds. The zero-order valence-electron chi connectivity index (χ0n) is 3.93. The summed E-state index contributed by atoms with van der Waals surface area (Å²) in [6, 6.07) is 0. The van der Waals surface area contributed by atoms with Crippen molar-refractivity contribution in [3.05, 3.63) is 0 Å². The third-order valence-corrected chi connectivity index (χ3v) is 36.8. The van der Waals surface area contributed by atoms with E-state index in [2.05, 4.69) is 87.2 Å². The molecule has 0 nitrogen and oxygen atoms in total. The summed E-state index contributed by atoms with van der Waals surface area (Å²) in [4.78, 5) is 0. The van der Waals surface area contributed by atoms with E-state index in [9.17, 15) is 0 Å². The van der Waals surface area contributed by atoms with Gasteiger partial charge < -0.3 is 0 Å². The zero-order valence-corrected chi connectivity index (χ0v) is 14.6. The Kier molecular flexibility index (Phi) is 3.55. The molecule has 8 heavy (non-hydrogen) atoms. The standard InChI is InChI=1S/C2H4I4Si2/c3-7(4)1-8(5,6)2-7/h1-2H2. The second kappa shape index (κ2) is 3.01. The van der Waals surface area contributed by atoms with Crippen molar-refractivity contribution in [3.8, 4) is 0 Å². The Morgan fingerprint density at radius 2 is 1.00 bits per heavy atom. The summed E-state index contributed by atoms with van der Waals surface area (Å²) in [5, 5.41) is 0. The highest BCUT2D eigenvalue weighted by Gasteiger charge is 2.52. The smallest absolute Gasteiger partial charge is 0.105 e. The minimum atomic E-state index is -0.599. The molecule has 0 aromatic rings. The van der Waals surface area contributed by atoms with Gasteiger partial charge in [0.25, 0.3) is 0 Å². The molecule has 1 aliphatic rings. The first kappa shape index (κ1) is 9.44. The van der Waals surface area contributed by atoms with E-state index in [0.717, 1.165) is 0 Å². The van der Waals surface area contributed by atoms with Crippen molar-refractivity contribution in [2.75, 3.05) is 0 Å². The van der Waals surface area contributed by atoms with Gasteiger partial charge in [-0.1, -0.05) is 0 Å². The molecule has 0 spiro atoms. The van der Waals surface area contributed by atoms with Gasteiger partial charge in [0.1, 0.15) is 0 Å². The molecule has 0 unspecified atom stereocenters. The molecule has 1 saturated heterocycles. The maximum absolute atomic E-state index is 2.70. The Labute approximate surface area is 102 Å². The minimum absolute atomic E-state index is 0.599. The van der Waals surface area contributed by atoms with Crippen LogP contribution < -0.4 is 0 Å². The van der Waals surface area contributed by atoms with Gasteiger partial charge in [-0.3, -0.25) is 0 Å². The van der Waals surface area contributed by atoms with E-state index in [4.69, 9.17) is 0 Å². The lowest BCUT2D eigenvalue weighted by Gasteiger charge is -2.38. The van der Waals surface area contributed by atoms with Gasteiger partial charge in [-0.05, 0) is 11.3 Å². The molecule has 0 radical (unpaired) electrons. The Morgan fingerprint density at radius 3 is 1.00 bits per heavy atom. The van der Waals surface area contributed by atoms with Crippen LogP contribution >= 0.6 is 87.2 Å². The van der Waals surface area contributed by atoms with Crippen molar-refractivity contribution in [1.29, 1.82) is 0 Å². The second-order valence-corrected chi connectivity index (χ2v) is 45.5. The van der Waals surface area contributed by atoms with Gasteiger partial charge >= 0.3 is 0 Å². The van der Waals surface area contributed by atoms with Crippen LogP contribution in [0.3, 0.4) is 0 Å². The van der Waals surface area contributed by atoms with Gasteiger partial charge in [0, 0.05) is 0 Å². The van der Waals surface area contributed by atoms with Gasteiger partial charge in [0.2, 0.25) is 0 Å². The topological polar surface area (TPSA) is 0 Å². The van der Waals surface area contributed by atoms with E-state index in [1.54, 1.807) is 11.3 Å². The van der Waals surface area contributed by atoms with Crippen LogP contribution in [0.15, 0.2) is 0 Å². The second-order valence-electron chi connectivity index (χ2n) is 2.07. The third kappa shape index (κ3) is 2.77. The Balaban J connectivity index is 2.42. The molecule has 1 heterocycles. The molecule has 1 aliphatic heterocycles. The molecule has 1 rings (SSSR count). The van der Waals surface area contributed by atoms with Crippen molar-refractivity contribution in [1.82, 2.24) is 0 Å². The maximum Gasteiger partial charge on any atom is 0.189 e. The highest BCUT2D eigenvalue weighted by molar-refractivity contribution is 14.3. The number of hydrogen-bond donors (Lipinski definition) is 0. The summed E-state index contributed by atoms with van der Waals surface area (Å²) in [7, 11) is 0. The summed E-state index contributed by atoms with van der Waals surface area (Å²) in [5.41, 5.74) is 3.25. The Hall–Kier alpha value is 3.35. The summed E-state index contributed by atoms with van der Waals surface area (Å²) < 4.78 is -1.20. The quantitative estimate of drug-likeness (QED) is 0.229. The van der Waals surface area contributed by atoms with Gasteiger partial charge in [-0.15, -0.1) is 87.2 Å². The summed E-state index contributed by atoms with van der Waals surface area (Å²) in [5.74, 6) is 0. The van der Waals surface area contributed by atoms with Crippen LogP contribution in [0.4, 0.5) is 0 Å². The largest absolute Gasteiger partial charge is 0.189 e. The minimum Gasteiger partial charge on any atom is -0.105 e. The molecule has 0 aromatic carbocycles. The van der Waals surface area contributed by atoms with E-state index < -0.39 is 6.13 Å². The molecule has 0 atom stereocenters. The van der Waals surface area contributed by atoms with E-state index >= 15 is 0 Å². The molecule has 0 N–H and O–H groups in total. The van der Waals surface area contributed by atoms with Crippen molar-refractivity contribution in [2.45, 2.75) is 11.3 Å². The molecule has 0 aromatic heterocycles. The zero-order chi connectivity index (χ0) is 6.41. The van der Waals surface area contributed by atoms with Gasteiger partial charge in [0.15, 0.2) is 6.13 Å². The van der Waals surface area contributed by atoms with E-state index in [0.29, 0.717) is 0 Å². The van der Waals surface area contributed by atoms with Crippen LogP contribution in [0.5, 0.6) is 0 Å². The lowest BCUT2D eigenvalue weighted by molar-refractivity contribution is 1.67. The van der Waals surface area contributed by atoms with Crippen LogP contribution in [0, 0.1) is 0 Å². The predicted molar refractivity (Wildman–Crippen MR) is 77.2 cm³/mol. The third-order valence-electron chi connectivity index (χ3n) is 1.03. The predicted octanol–water partition coefficient (Wildman–Crippen LogP) is 3.70. The van der Waals surface area contributed by atoms with Crippen molar-refractivity contribution < 1.29 is 0 Å². The van der Waals surface area contributed by atoms with Gasteiger partial charge in [-0.25, -0.2) is 0 Å². The van der Waals surface area contributed by atoms with E-state index in [1.165, 1.54) is 0 Å². The number of halogens is 4. The lowest BCUT2D eigenvalue weighted by Crippen LogP contribution is -2.47. The SMILES string of the molecule is I[Si]1(I)C[Si](I)(I)C1. The fraction of sp³-hybridized carbons (Fsp3) is 1.00. The Morgan fingerprint density at radius 1 is 0.750 bits per heavy atom. The van der Waals surface area contributed by atoms with Crippen LogP contribution in [-0.4, -0.2) is 6.13 Å².